The van der Waals surface area contributed by atoms with Gasteiger partial charge in [-0.15, -0.1) is 4.94 Å². The van der Waals surface area contributed by atoms with Crippen molar-refractivity contribution < 1.29 is 0 Å². The highest BCUT2D eigenvalue weighted by atomic mass is 35.5. The minimum absolute atomic E-state index is 1.22. The van der Waals surface area contributed by atoms with Crippen LogP contribution in [-0.2, 0) is 0 Å². The molecule has 0 aromatic heterocycles. The Hall–Kier alpha value is -0.480. The summed E-state index contributed by atoms with van der Waals surface area (Å²) in [7, 11) is 0. The van der Waals surface area contributed by atoms with Crippen molar-refractivity contribution in [1.29, 1.82) is 0 Å². The monoisotopic (exact) mass is 108 g/mol. The van der Waals surface area contributed by atoms with E-state index in [1.54, 1.807) is 0 Å². The molecule has 0 aromatic rings. The molecule has 4 nitrogen and oxygen atoms in total. The number of hydrazone groups is 1. The average Bonchev–Trinajstić information content (AvgIpc) is 1.61. The molecule has 0 aromatic carbocycles. The maximum Gasteiger partial charge on any atom is 0.123 e. The van der Waals surface area contributed by atoms with Crippen LogP contribution in [0.2, 0.25) is 0 Å². The lowest BCUT2D eigenvalue weighted by Gasteiger charge is -1.84. The highest BCUT2D eigenvalue weighted by Crippen LogP contribution is 1.44. The molecule has 6 heavy (non-hydrogen) atoms. The first-order chi connectivity index (χ1) is 2.91. The SMILES string of the molecule is NN=CNNCl. The van der Waals surface area contributed by atoms with Gasteiger partial charge in [0.05, 0.1) is 0 Å². The molecule has 0 saturated carbocycles. The van der Waals surface area contributed by atoms with Crippen molar-refractivity contribution in [3.05, 3.63) is 0 Å². The number of halogens is 1. The molecule has 0 aliphatic heterocycles. The third-order valence-electron chi connectivity index (χ3n) is 0.194. The Bertz CT molecular complexity index is 42.8. The summed E-state index contributed by atoms with van der Waals surface area (Å²) >= 11 is 4.87. The fourth-order valence-corrected chi connectivity index (χ4v) is 0.110. The van der Waals surface area contributed by atoms with E-state index in [9.17, 15) is 0 Å². The molecule has 0 spiro atoms. The highest BCUT2D eigenvalue weighted by Gasteiger charge is 1.58. The fraction of sp³-hybridized carbons (Fsp3) is 0. The number of hydrogen-bond acceptors (Lipinski definition) is 3. The second-order valence-corrected chi connectivity index (χ2v) is 0.706. The molecular formula is CH5ClN4. The van der Waals surface area contributed by atoms with E-state index in [1.807, 2.05) is 0 Å². The van der Waals surface area contributed by atoms with Gasteiger partial charge in [0, 0.05) is 0 Å². The van der Waals surface area contributed by atoms with Gasteiger partial charge in [-0.3, -0.25) is 5.43 Å². The van der Waals surface area contributed by atoms with Crippen molar-refractivity contribution in [2.75, 3.05) is 0 Å². The number of rotatable bonds is 2. The van der Waals surface area contributed by atoms with E-state index in [4.69, 9.17) is 11.8 Å². The summed E-state index contributed by atoms with van der Waals surface area (Å²) in [5, 5.41) is 3.04. The molecule has 0 amide bonds. The number of hydrogen-bond donors (Lipinski definition) is 3. The smallest absolute Gasteiger partial charge is 0.123 e. The largest absolute Gasteiger partial charge is 0.322 e. The second kappa shape index (κ2) is 4.52. The lowest BCUT2D eigenvalue weighted by atomic mass is 11.4. The fourth-order valence-electron chi connectivity index (χ4n) is 0.0617. The summed E-state index contributed by atoms with van der Waals surface area (Å²) in [5.41, 5.74) is 2.30. The van der Waals surface area contributed by atoms with Crippen LogP contribution in [0, 0.1) is 0 Å². The first-order valence-electron chi connectivity index (χ1n) is 1.24. The molecule has 0 aliphatic carbocycles. The quantitative estimate of drug-likeness (QED) is 0.142. The van der Waals surface area contributed by atoms with Crippen molar-refractivity contribution in [3.8, 4) is 0 Å². The maximum atomic E-state index is 4.87. The van der Waals surface area contributed by atoms with Gasteiger partial charge in [0.25, 0.3) is 0 Å². The van der Waals surface area contributed by atoms with Gasteiger partial charge < -0.3 is 5.84 Å². The van der Waals surface area contributed by atoms with Crippen LogP contribution in [0.5, 0.6) is 0 Å². The summed E-state index contributed by atoms with van der Waals surface area (Å²) in [5.74, 6) is 4.62. The minimum Gasteiger partial charge on any atom is -0.322 e. The Labute approximate surface area is 40.4 Å². The van der Waals surface area contributed by atoms with Crippen LogP contribution in [0.1, 0.15) is 0 Å². The zero-order valence-electron chi connectivity index (χ0n) is 2.98. The van der Waals surface area contributed by atoms with Crippen LogP contribution in [-0.4, -0.2) is 6.34 Å². The zero-order valence-corrected chi connectivity index (χ0v) is 3.74. The Balaban J connectivity index is 2.66. The van der Waals surface area contributed by atoms with Crippen molar-refractivity contribution in [3.63, 3.8) is 0 Å². The van der Waals surface area contributed by atoms with E-state index in [2.05, 4.69) is 21.3 Å². The molecule has 0 radical (unpaired) electrons. The molecule has 0 aliphatic rings. The number of nitrogens with one attached hydrogen (secondary N) is 2. The summed E-state index contributed by atoms with van der Waals surface area (Å²) in [6.45, 7) is 0. The first-order valence-corrected chi connectivity index (χ1v) is 1.62. The summed E-state index contributed by atoms with van der Waals surface area (Å²) in [4.78, 5) is 2.06. The topological polar surface area (TPSA) is 62.4 Å². The van der Waals surface area contributed by atoms with Crippen molar-refractivity contribution in [1.82, 2.24) is 10.4 Å². The Morgan fingerprint density at radius 2 is 2.50 bits per heavy atom. The lowest BCUT2D eigenvalue weighted by molar-refractivity contribution is 0.925. The van der Waals surface area contributed by atoms with Gasteiger partial charge in [-0.1, -0.05) is 0 Å². The van der Waals surface area contributed by atoms with Gasteiger partial charge >= 0.3 is 0 Å². The molecular weight excluding hydrogens is 103 g/mol. The molecule has 4 N–H and O–H groups in total. The van der Waals surface area contributed by atoms with Gasteiger partial charge in [-0.2, -0.15) is 5.10 Å². The van der Waals surface area contributed by atoms with E-state index in [0.717, 1.165) is 0 Å². The first kappa shape index (κ1) is 5.52. The molecule has 0 heterocycles. The summed E-state index contributed by atoms with van der Waals surface area (Å²) < 4.78 is 0. The van der Waals surface area contributed by atoms with Crippen molar-refractivity contribution in [2.45, 2.75) is 0 Å². The van der Waals surface area contributed by atoms with Gasteiger partial charge in [-0.05, 0) is 11.8 Å². The lowest BCUT2D eigenvalue weighted by Crippen LogP contribution is -2.20. The highest BCUT2D eigenvalue weighted by molar-refractivity contribution is 6.13. The molecule has 0 bridgehead atoms. The molecule has 0 rings (SSSR count). The van der Waals surface area contributed by atoms with E-state index < -0.39 is 0 Å². The van der Waals surface area contributed by atoms with E-state index >= 15 is 0 Å². The van der Waals surface area contributed by atoms with Crippen LogP contribution in [0.3, 0.4) is 0 Å². The predicted octanol–water partition coefficient (Wildman–Crippen LogP) is -0.864. The summed E-state index contributed by atoms with van der Waals surface area (Å²) in [6, 6.07) is 0. The second-order valence-electron chi connectivity index (χ2n) is 0.517. The zero-order chi connectivity index (χ0) is 4.83. The van der Waals surface area contributed by atoms with E-state index in [1.165, 1.54) is 6.34 Å². The van der Waals surface area contributed by atoms with Crippen LogP contribution in [0.25, 0.3) is 0 Å². The molecule has 0 saturated heterocycles. The minimum atomic E-state index is 1.22. The average molecular weight is 109 g/mol. The Morgan fingerprint density at radius 1 is 1.83 bits per heavy atom. The predicted molar refractivity (Wildman–Crippen MR) is 24.8 cm³/mol. The Kier molecular flexibility index (Phi) is 4.16. The van der Waals surface area contributed by atoms with Crippen molar-refractivity contribution in [2.24, 2.45) is 10.9 Å². The molecule has 36 valence electrons. The van der Waals surface area contributed by atoms with Crippen LogP contribution in [0.15, 0.2) is 5.10 Å². The van der Waals surface area contributed by atoms with Crippen LogP contribution >= 0.6 is 11.8 Å². The third-order valence-corrected chi connectivity index (χ3v) is 0.303. The number of nitrogens with two attached hydrogens (primary N) is 1. The third kappa shape index (κ3) is 3.52. The standard InChI is InChI=1S/CH5ClN4/c2-6-5-1-4-3/h1,6H,3H2,(H,4,5). The molecule has 0 unspecified atom stereocenters. The molecule has 0 fully saturated rings. The summed E-state index contributed by atoms with van der Waals surface area (Å²) in [6.07, 6.45) is 1.22. The van der Waals surface area contributed by atoms with Gasteiger partial charge in [0.2, 0.25) is 0 Å². The molecule has 0 atom stereocenters. The number of hydrazine groups is 1. The maximum absolute atomic E-state index is 4.87. The Morgan fingerprint density at radius 3 is 2.67 bits per heavy atom. The van der Waals surface area contributed by atoms with Gasteiger partial charge in [0.1, 0.15) is 6.34 Å². The molecule has 5 heteroatoms. The number of nitrogens with zero attached hydrogens (tertiary/aromatic N) is 1. The van der Waals surface area contributed by atoms with Gasteiger partial charge in [-0.25, -0.2) is 0 Å². The van der Waals surface area contributed by atoms with Gasteiger partial charge in [0.15, 0.2) is 0 Å². The van der Waals surface area contributed by atoms with Crippen LogP contribution in [0.4, 0.5) is 0 Å². The van der Waals surface area contributed by atoms with Crippen LogP contribution < -0.4 is 16.2 Å². The van der Waals surface area contributed by atoms with E-state index in [-0.39, 0.29) is 0 Å². The van der Waals surface area contributed by atoms with E-state index in [0.29, 0.717) is 0 Å². The normalized spacial score (nSPS) is 9.50. The van der Waals surface area contributed by atoms with Crippen molar-refractivity contribution >= 4 is 18.1 Å².